The van der Waals surface area contributed by atoms with Gasteiger partial charge in [0.15, 0.2) is 5.70 Å². The van der Waals surface area contributed by atoms with E-state index < -0.39 is 11.9 Å². The van der Waals surface area contributed by atoms with Gasteiger partial charge >= 0.3 is 11.9 Å². The van der Waals surface area contributed by atoms with Crippen LogP contribution in [0.25, 0.3) is 6.08 Å². The summed E-state index contributed by atoms with van der Waals surface area (Å²) in [6, 6.07) is 13.8. The monoisotopic (exact) mass is 337 g/mol. The van der Waals surface area contributed by atoms with Gasteiger partial charge in [-0.1, -0.05) is 12.1 Å². The van der Waals surface area contributed by atoms with Gasteiger partial charge in [0.25, 0.3) is 0 Å². The summed E-state index contributed by atoms with van der Waals surface area (Å²) in [6.07, 6.45) is 1.58. The molecule has 0 atom stereocenters. The third kappa shape index (κ3) is 3.92. The Kier molecular flexibility index (Phi) is 4.61. The van der Waals surface area contributed by atoms with E-state index in [0.717, 1.165) is 0 Å². The van der Waals surface area contributed by atoms with Crippen molar-refractivity contribution in [2.24, 2.45) is 4.99 Å². The SMILES string of the molecule is COc1ccc(C2=N/C(=C\c3cccc(OC(C)=O)c3)C(=O)O2)cc1. The minimum absolute atomic E-state index is 0.172. The van der Waals surface area contributed by atoms with Crippen molar-refractivity contribution in [1.29, 1.82) is 0 Å². The number of rotatable bonds is 4. The van der Waals surface area contributed by atoms with E-state index in [9.17, 15) is 9.59 Å². The standard InChI is InChI=1S/C19H15NO5/c1-12(21)24-16-5-3-4-13(10-16)11-17-19(22)25-18(20-17)14-6-8-15(23-2)9-7-14/h3-11H,1-2H3/b17-11-. The molecule has 1 aliphatic heterocycles. The van der Waals surface area contributed by atoms with Crippen LogP contribution in [-0.2, 0) is 14.3 Å². The first-order valence-corrected chi connectivity index (χ1v) is 7.50. The molecule has 0 aliphatic carbocycles. The maximum absolute atomic E-state index is 12.0. The van der Waals surface area contributed by atoms with Crippen molar-refractivity contribution in [3.8, 4) is 11.5 Å². The minimum atomic E-state index is -0.538. The van der Waals surface area contributed by atoms with Crippen molar-refractivity contribution in [3.63, 3.8) is 0 Å². The number of hydrogen-bond donors (Lipinski definition) is 0. The van der Waals surface area contributed by atoms with Crippen molar-refractivity contribution in [2.75, 3.05) is 7.11 Å². The van der Waals surface area contributed by atoms with E-state index in [4.69, 9.17) is 14.2 Å². The number of benzene rings is 2. The molecule has 0 aromatic heterocycles. The summed E-state index contributed by atoms with van der Waals surface area (Å²) in [6.45, 7) is 1.32. The Labute approximate surface area is 144 Å². The summed E-state index contributed by atoms with van der Waals surface area (Å²) in [5.41, 5.74) is 1.52. The van der Waals surface area contributed by atoms with Crippen LogP contribution in [0.5, 0.6) is 11.5 Å². The topological polar surface area (TPSA) is 74.2 Å². The summed E-state index contributed by atoms with van der Waals surface area (Å²) in [4.78, 5) is 27.3. The quantitative estimate of drug-likeness (QED) is 0.487. The highest BCUT2D eigenvalue weighted by atomic mass is 16.6. The Morgan fingerprint density at radius 2 is 1.88 bits per heavy atom. The summed E-state index contributed by atoms with van der Waals surface area (Å²) in [7, 11) is 1.58. The molecule has 1 aliphatic rings. The van der Waals surface area contributed by atoms with Gasteiger partial charge in [0.2, 0.25) is 5.90 Å². The molecule has 126 valence electrons. The van der Waals surface area contributed by atoms with E-state index in [0.29, 0.717) is 22.6 Å². The molecule has 0 saturated heterocycles. The third-order valence-corrected chi connectivity index (χ3v) is 3.38. The number of hydrogen-bond acceptors (Lipinski definition) is 6. The normalized spacial score (nSPS) is 14.9. The van der Waals surface area contributed by atoms with E-state index >= 15 is 0 Å². The Morgan fingerprint density at radius 3 is 2.56 bits per heavy atom. The second kappa shape index (κ2) is 7.00. The minimum Gasteiger partial charge on any atom is -0.497 e. The molecule has 0 saturated carbocycles. The molecule has 0 N–H and O–H groups in total. The number of methoxy groups -OCH3 is 1. The van der Waals surface area contributed by atoms with Crippen molar-refractivity contribution in [2.45, 2.75) is 6.92 Å². The van der Waals surface area contributed by atoms with Crippen LogP contribution in [0.2, 0.25) is 0 Å². The van der Waals surface area contributed by atoms with Crippen LogP contribution in [0.4, 0.5) is 0 Å². The fraction of sp³-hybridized carbons (Fsp3) is 0.105. The Balaban J connectivity index is 1.86. The lowest BCUT2D eigenvalue weighted by Gasteiger charge is -2.01. The van der Waals surface area contributed by atoms with Crippen LogP contribution in [-0.4, -0.2) is 24.9 Å². The van der Waals surface area contributed by atoms with Crippen molar-refractivity contribution in [3.05, 3.63) is 65.4 Å². The van der Waals surface area contributed by atoms with Crippen LogP contribution in [0.15, 0.2) is 59.2 Å². The average Bonchev–Trinajstić information content (AvgIpc) is 2.95. The van der Waals surface area contributed by atoms with E-state index in [1.54, 1.807) is 61.7 Å². The van der Waals surface area contributed by atoms with Gasteiger partial charge in [0, 0.05) is 12.5 Å². The molecular weight excluding hydrogens is 322 g/mol. The van der Waals surface area contributed by atoms with Gasteiger partial charge < -0.3 is 14.2 Å². The van der Waals surface area contributed by atoms with Gasteiger partial charge in [0.1, 0.15) is 11.5 Å². The zero-order chi connectivity index (χ0) is 17.8. The number of ether oxygens (including phenoxy) is 3. The van der Waals surface area contributed by atoms with E-state index in [1.165, 1.54) is 6.92 Å². The van der Waals surface area contributed by atoms with Gasteiger partial charge in [-0.25, -0.2) is 9.79 Å². The van der Waals surface area contributed by atoms with Gasteiger partial charge in [-0.3, -0.25) is 4.79 Å². The molecule has 2 aromatic carbocycles. The molecule has 0 unspecified atom stereocenters. The number of cyclic esters (lactones) is 1. The Bertz CT molecular complexity index is 881. The molecule has 0 fully saturated rings. The number of aliphatic imine (C=N–C) groups is 1. The molecular formula is C19H15NO5. The van der Waals surface area contributed by atoms with Crippen LogP contribution >= 0.6 is 0 Å². The lowest BCUT2D eigenvalue weighted by molar-refractivity contribution is -0.132. The molecule has 1 heterocycles. The first-order chi connectivity index (χ1) is 12.0. The molecule has 2 aromatic rings. The maximum Gasteiger partial charge on any atom is 0.363 e. The van der Waals surface area contributed by atoms with Crippen molar-refractivity contribution < 1.29 is 23.8 Å². The highest BCUT2D eigenvalue weighted by Crippen LogP contribution is 2.22. The molecule has 0 bridgehead atoms. The Hall–Kier alpha value is -3.41. The third-order valence-electron chi connectivity index (χ3n) is 3.38. The molecule has 6 nitrogen and oxygen atoms in total. The van der Waals surface area contributed by atoms with Crippen molar-refractivity contribution >= 4 is 23.9 Å². The zero-order valence-corrected chi connectivity index (χ0v) is 13.7. The Morgan fingerprint density at radius 1 is 1.12 bits per heavy atom. The fourth-order valence-corrected chi connectivity index (χ4v) is 2.26. The van der Waals surface area contributed by atoms with Gasteiger partial charge in [0.05, 0.1) is 7.11 Å². The molecule has 0 spiro atoms. The van der Waals surface area contributed by atoms with E-state index in [-0.39, 0.29) is 11.6 Å². The molecule has 0 amide bonds. The lowest BCUT2D eigenvalue weighted by atomic mass is 10.2. The number of esters is 2. The van der Waals surface area contributed by atoms with E-state index in [2.05, 4.69) is 4.99 Å². The predicted octanol–water partition coefficient (Wildman–Crippen LogP) is 2.97. The van der Waals surface area contributed by atoms with Gasteiger partial charge in [-0.15, -0.1) is 0 Å². The first kappa shape index (κ1) is 16.4. The fourth-order valence-electron chi connectivity index (χ4n) is 2.26. The van der Waals surface area contributed by atoms with Crippen LogP contribution < -0.4 is 9.47 Å². The zero-order valence-electron chi connectivity index (χ0n) is 13.7. The highest BCUT2D eigenvalue weighted by molar-refractivity contribution is 6.12. The van der Waals surface area contributed by atoms with E-state index in [1.807, 2.05) is 0 Å². The molecule has 3 rings (SSSR count). The average molecular weight is 337 g/mol. The predicted molar refractivity (Wildman–Crippen MR) is 91.4 cm³/mol. The second-order valence-electron chi connectivity index (χ2n) is 5.23. The molecule has 0 radical (unpaired) electrons. The number of carbonyl (C=O) groups excluding carboxylic acids is 2. The van der Waals surface area contributed by atoms with Crippen LogP contribution in [0, 0.1) is 0 Å². The van der Waals surface area contributed by atoms with Crippen LogP contribution in [0.3, 0.4) is 0 Å². The lowest BCUT2D eigenvalue weighted by Crippen LogP contribution is -2.05. The van der Waals surface area contributed by atoms with Gasteiger partial charge in [-0.05, 0) is 48.0 Å². The molecule has 25 heavy (non-hydrogen) atoms. The largest absolute Gasteiger partial charge is 0.497 e. The summed E-state index contributed by atoms with van der Waals surface area (Å²) >= 11 is 0. The highest BCUT2D eigenvalue weighted by Gasteiger charge is 2.24. The summed E-state index contributed by atoms with van der Waals surface area (Å²) < 4.78 is 15.3. The number of carbonyl (C=O) groups is 2. The van der Waals surface area contributed by atoms with Crippen molar-refractivity contribution in [1.82, 2.24) is 0 Å². The maximum atomic E-state index is 12.0. The summed E-state index contributed by atoms with van der Waals surface area (Å²) in [5, 5.41) is 0. The van der Waals surface area contributed by atoms with Gasteiger partial charge in [-0.2, -0.15) is 0 Å². The first-order valence-electron chi connectivity index (χ1n) is 7.50. The molecule has 6 heteroatoms. The number of nitrogens with zero attached hydrogens (tertiary/aromatic N) is 1. The smallest absolute Gasteiger partial charge is 0.363 e. The van der Waals surface area contributed by atoms with Crippen LogP contribution in [0.1, 0.15) is 18.1 Å². The summed E-state index contributed by atoms with van der Waals surface area (Å²) in [5.74, 6) is 0.378. The second-order valence-corrected chi connectivity index (χ2v) is 5.23.